The van der Waals surface area contributed by atoms with E-state index in [1.807, 2.05) is 42.5 Å². The van der Waals surface area contributed by atoms with Gasteiger partial charge in [0, 0.05) is 23.7 Å². The third-order valence-corrected chi connectivity index (χ3v) is 4.07. The summed E-state index contributed by atoms with van der Waals surface area (Å²) in [5, 5.41) is 0.639. The van der Waals surface area contributed by atoms with Gasteiger partial charge in [-0.3, -0.25) is 9.59 Å². The molecule has 1 amide bonds. The van der Waals surface area contributed by atoms with Gasteiger partial charge in [0.15, 0.2) is 0 Å². The van der Waals surface area contributed by atoms with Gasteiger partial charge in [0.25, 0.3) is 0 Å². The van der Waals surface area contributed by atoms with Crippen LogP contribution >= 0.6 is 11.6 Å². The molecular formula is C18H16ClNO3. The summed E-state index contributed by atoms with van der Waals surface area (Å²) in [5.74, 6) is -0.814. The SMILES string of the molecule is O=C(OCc1ccc(Cl)cc1)C1CC(=O)N(c2ccccc2)C1. The maximum Gasteiger partial charge on any atom is 0.311 e. The van der Waals surface area contributed by atoms with Crippen LogP contribution in [0, 0.1) is 5.92 Å². The summed E-state index contributed by atoms with van der Waals surface area (Å²) in [4.78, 5) is 25.9. The third-order valence-electron chi connectivity index (χ3n) is 3.82. The van der Waals surface area contributed by atoms with E-state index < -0.39 is 5.92 Å². The summed E-state index contributed by atoms with van der Waals surface area (Å²) in [6, 6.07) is 16.5. The quantitative estimate of drug-likeness (QED) is 0.807. The van der Waals surface area contributed by atoms with Gasteiger partial charge in [-0.05, 0) is 29.8 Å². The van der Waals surface area contributed by atoms with Crippen LogP contribution in [0.25, 0.3) is 0 Å². The second-order valence-electron chi connectivity index (χ2n) is 5.48. The zero-order valence-electron chi connectivity index (χ0n) is 12.4. The van der Waals surface area contributed by atoms with Crippen LogP contribution in [-0.4, -0.2) is 18.4 Å². The van der Waals surface area contributed by atoms with E-state index in [9.17, 15) is 9.59 Å². The Hall–Kier alpha value is -2.33. The van der Waals surface area contributed by atoms with Crippen LogP contribution in [0.5, 0.6) is 0 Å². The van der Waals surface area contributed by atoms with Gasteiger partial charge >= 0.3 is 5.97 Å². The number of hydrogen-bond donors (Lipinski definition) is 0. The van der Waals surface area contributed by atoms with Gasteiger partial charge in [0.2, 0.25) is 5.91 Å². The Bertz CT molecular complexity index is 700. The molecule has 1 aliphatic rings. The second-order valence-corrected chi connectivity index (χ2v) is 5.91. The van der Waals surface area contributed by atoms with E-state index in [-0.39, 0.29) is 24.9 Å². The number of carbonyl (C=O) groups excluding carboxylic acids is 2. The number of carbonyl (C=O) groups is 2. The highest BCUT2D eigenvalue weighted by molar-refractivity contribution is 6.30. The van der Waals surface area contributed by atoms with E-state index in [0.717, 1.165) is 11.3 Å². The van der Waals surface area contributed by atoms with Gasteiger partial charge in [0.05, 0.1) is 5.92 Å². The molecule has 2 aromatic rings. The highest BCUT2D eigenvalue weighted by atomic mass is 35.5. The highest BCUT2D eigenvalue weighted by Crippen LogP contribution is 2.25. The minimum absolute atomic E-state index is 0.0513. The largest absolute Gasteiger partial charge is 0.461 e. The molecule has 118 valence electrons. The predicted molar refractivity (Wildman–Crippen MR) is 88.2 cm³/mol. The summed E-state index contributed by atoms with van der Waals surface area (Å²) < 4.78 is 5.32. The first-order valence-corrected chi connectivity index (χ1v) is 7.78. The molecule has 0 spiro atoms. The average molecular weight is 330 g/mol. The Morgan fingerprint density at radius 2 is 1.83 bits per heavy atom. The number of hydrogen-bond acceptors (Lipinski definition) is 3. The minimum atomic E-state index is -0.421. The molecule has 0 N–H and O–H groups in total. The zero-order valence-corrected chi connectivity index (χ0v) is 13.2. The van der Waals surface area contributed by atoms with Crippen LogP contribution in [0.15, 0.2) is 54.6 Å². The molecule has 1 saturated heterocycles. The van der Waals surface area contributed by atoms with Gasteiger partial charge in [-0.15, -0.1) is 0 Å². The lowest BCUT2D eigenvalue weighted by atomic mass is 10.1. The first-order chi connectivity index (χ1) is 11.1. The molecule has 1 unspecified atom stereocenters. The third kappa shape index (κ3) is 3.71. The number of benzene rings is 2. The summed E-state index contributed by atoms with van der Waals surface area (Å²) in [7, 11) is 0. The Morgan fingerprint density at radius 3 is 2.52 bits per heavy atom. The van der Waals surface area contributed by atoms with Crippen molar-refractivity contribution in [3.8, 4) is 0 Å². The van der Waals surface area contributed by atoms with Crippen LogP contribution in [0.4, 0.5) is 5.69 Å². The predicted octanol–water partition coefficient (Wildman–Crippen LogP) is 3.44. The number of esters is 1. The van der Waals surface area contributed by atoms with Crippen molar-refractivity contribution in [3.05, 3.63) is 65.2 Å². The molecule has 5 heteroatoms. The number of ether oxygens (including phenoxy) is 1. The molecule has 0 bridgehead atoms. The molecule has 0 radical (unpaired) electrons. The fourth-order valence-electron chi connectivity index (χ4n) is 2.58. The average Bonchev–Trinajstić information content (AvgIpc) is 2.97. The van der Waals surface area contributed by atoms with Crippen molar-refractivity contribution < 1.29 is 14.3 Å². The highest BCUT2D eigenvalue weighted by Gasteiger charge is 2.36. The fourth-order valence-corrected chi connectivity index (χ4v) is 2.70. The first-order valence-electron chi connectivity index (χ1n) is 7.40. The molecule has 4 nitrogen and oxygen atoms in total. The van der Waals surface area contributed by atoms with Crippen LogP contribution in [-0.2, 0) is 20.9 Å². The Labute approximate surface area is 139 Å². The van der Waals surface area contributed by atoms with Gasteiger partial charge in [-0.25, -0.2) is 0 Å². The monoisotopic (exact) mass is 329 g/mol. The van der Waals surface area contributed by atoms with Crippen molar-refractivity contribution in [2.75, 3.05) is 11.4 Å². The van der Waals surface area contributed by atoms with Crippen LogP contribution in [0.2, 0.25) is 5.02 Å². The van der Waals surface area contributed by atoms with E-state index >= 15 is 0 Å². The standard InChI is InChI=1S/C18H16ClNO3/c19-15-8-6-13(7-9-15)12-23-18(22)14-10-17(21)20(11-14)16-4-2-1-3-5-16/h1-9,14H,10-12H2. The molecule has 3 rings (SSSR count). The van der Waals surface area contributed by atoms with E-state index in [2.05, 4.69) is 0 Å². The molecule has 0 aromatic heterocycles. The van der Waals surface area contributed by atoms with Crippen LogP contribution in [0.3, 0.4) is 0 Å². The van der Waals surface area contributed by atoms with Crippen LogP contribution in [0.1, 0.15) is 12.0 Å². The maximum atomic E-state index is 12.2. The fraction of sp³-hybridized carbons (Fsp3) is 0.222. The molecule has 0 saturated carbocycles. The van der Waals surface area contributed by atoms with E-state index in [1.54, 1.807) is 17.0 Å². The molecule has 1 heterocycles. The molecule has 23 heavy (non-hydrogen) atoms. The number of anilines is 1. The number of nitrogens with zero attached hydrogens (tertiary/aromatic N) is 1. The molecule has 2 aromatic carbocycles. The van der Waals surface area contributed by atoms with Gasteiger partial charge in [-0.2, -0.15) is 0 Å². The lowest BCUT2D eigenvalue weighted by Gasteiger charge is -2.16. The lowest BCUT2D eigenvalue weighted by Crippen LogP contribution is -2.26. The normalized spacial score (nSPS) is 17.3. The molecule has 1 aliphatic heterocycles. The smallest absolute Gasteiger partial charge is 0.311 e. The van der Waals surface area contributed by atoms with Crippen molar-refractivity contribution >= 4 is 29.2 Å². The van der Waals surface area contributed by atoms with E-state index in [0.29, 0.717) is 11.6 Å². The summed E-state index contributed by atoms with van der Waals surface area (Å²) >= 11 is 5.82. The topological polar surface area (TPSA) is 46.6 Å². The lowest BCUT2D eigenvalue weighted by molar-refractivity contribution is -0.149. The Balaban J connectivity index is 1.58. The molecule has 1 fully saturated rings. The maximum absolute atomic E-state index is 12.2. The molecular weight excluding hydrogens is 314 g/mol. The van der Waals surface area contributed by atoms with Gasteiger partial charge in [0.1, 0.15) is 6.61 Å². The van der Waals surface area contributed by atoms with Crippen molar-refractivity contribution in [3.63, 3.8) is 0 Å². The second kappa shape index (κ2) is 6.84. The van der Waals surface area contributed by atoms with Gasteiger partial charge in [-0.1, -0.05) is 41.9 Å². The number of para-hydroxylation sites is 1. The number of rotatable bonds is 4. The molecule has 0 aliphatic carbocycles. The van der Waals surface area contributed by atoms with Crippen LogP contribution < -0.4 is 4.90 Å². The minimum Gasteiger partial charge on any atom is -0.461 e. The summed E-state index contributed by atoms with van der Waals surface area (Å²) in [6.07, 6.45) is 0.189. The summed E-state index contributed by atoms with van der Waals surface area (Å²) in [6.45, 7) is 0.550. The van der Waals surface area contributed by atoms with Crippen molar-refractivity contribution in [1.29, 1.82) is 0 Å². The Morgan fingerprint density at radius 1 is 1.13 bits per heavy atom. The van der Waals surface area contributed by atoms with Gasteiger partial charge < -0.3 is 9.64 Å². The van der Waals surface area contributed by atoms with E-state index in [4.69, 9.17) is 16.3 Å². The van der Waals surface area contributed by atoms with Crippen molar-refractivity contribution in [2.45, 2.75) is 13.0 Å². The zero-order chi connectivity index (χ0) is 16.2. The number of amides is 1. The van der Waals surface area contributed by atoms with Crippen molar-refractivity contribution in [2.24, 2.45) is 5.92 Å². The Kier molecular flexibility index (Phi) is 4.63. The number of halogens is 1. The van der Waals surface area contributed by atoms with Crippen molar-refractivity contribution in [1.82, 2.24) is 0 Å². The first kappa shape index (κ1) is 15.6. The molecule has 1 atom stereocenters. The van der Waals surface area contributed by atoms with E-state index in [1.165, 1.54) is 0 Å². The summed E-state index contributed by atoms with van der Waals surface area (Å²) in [5.41, 5.74) is 1.68.